The van der Waals surface area contributed by atoms with Crippen molar-refractivity contribution in [1.82, 2.24) is 30.5 Å². The van der Waals surface area contributed by atoms with Gasteiger partial charge in [-0.25, -0.2) is 4.68 Å². The van der Waals surface area contributed by atoms with E-state index in [4.69, 9.17) is 0 Å². The summed E-state index contributed by atoms with van der Waals surface area (Å²) >= 11 is 0. The topological polar surface area (TPSA) is 71.4 Å². The van der Waals surface area contributed by atoms with Gasteiger partial charge in [-0.05, 0) is 54.3 Å². The Hall–Kier alpha value is -2.21. The maximum atomic E-state index is 4.36. The number of hydrogen-bond acceptors (Lipinski definition) is 4. The molecule has 2 aromatic heterocycles. The highest BCUT2D eigenvalue weighted by Crippen LogP contribution is 2.29. The molecule has 0 aliphatic heterocycles. The van der Waals surface area contributed by atoms with Gasteiger partial charge >= 0.3 is 0 Å². The van der Waals surface area contributed by atoms with E-state index < -0.39 is 0 Å². The molecule has 26 heavy (non-hydrogen) atoms. The van der Waals surface area contributed by atoms with Gasteiger partial charge in [0.15, 0.2) is 5.82 Å². The second kappa shape index (κ2) is 7.99. The minimum absolute atomic E-state index is 0.206. The highest BCUT2D eigenvalue weighted by molar-refractivity contribution is 5.83. The van der Waals surface area contributed by atoms with Crippen LogP contribution in [0.1, 0.15) is 68.9 Å². The van der Waals surface area contributed by atoms with Crippen LogP contribution in [0.5, 0.6) is 0 Å². The first-order valence-electron chi connectivity index (χ1n) is 9.93. The summed E-state index contributed by atoms with van der Waals surface area (Å²) in [6, 6.07) is 9.15. The van der Waals surface area contributed by atoms with Crippen LogP contribution in [-0.4, -0.2) is 31.7 Å². The Balaban J connectivity index is 1.41. The van der Waals surface area contributed by atoms with Crippen molar-refractivity contribution in [2.45, 2.75) is 64.0 Å². The van der Waals surface area contributed by atoms with Crippen LogP contribution in [0.4, 0.5) is 0 Å². The summed E-state index contributed by atoms with van der Waals surface area (Å²) in [7, 11) is 0. The predicted octanol–water partition coefficient (Wildman–Crippen LogP) is 3.94. The van der Waals surface area contributed by atoms with Crippen LogP contribution >= 0.6 is 0 Å². The molecule has 3 aromatic rings. The second-order valence-corrected chi connectivity index (χ2v) is 7.30. The quantitative estimate of drug-likeness (QED) is 0.675. The fourth-order valence-electron chi connectivity index (χ4n) is 4.15. The molecular weight excluding hydrogens is 324 g/mol. The van der Waals surface area contributed by atoms with Gasteiger partial charge in [0, 0.05) is 17.1 Å². The lowest BCUT2D eigenvalue weighted by molar-refractivity contribution is 0.305. The van der Waals surface area contributed by atoms with Crippen molar-refractivity contribution in [3.63, 3.8) is 0 Å². The van der Waals surface area contributed by atoms with E-state index in [1.165, 1.54) is 48.6 Å². The number of fused-ring (bicyclic) bond motifs is 1. The number of aromatic nitrogens is 5. The minimum Gasteiger partial charge on any atom is -0.361 e. The Bertz CT molecular complexity index is 830. The Morgan fingerprint density at radius 2 is 2.08 bits per heavy atom. The Labute approximate surface area is 154 Å². The van der Waals surface area contributed by atoms with E-state index in [9.17, 15) is 0 Å². The molecule has 1 atom stereocenters. The zero-order chi connectivity index (χ0) is 17.8. The first-order chi connectivity index (χ1) is 12.9. The van der Waals surface area contributed by atoms with E-state index in [-0.39, 0.29) is 6.04 Å². The summed E-state index contributed by atoms with van der Waals surface area (Å²) in [5.74, 6) is 0.998. The number of tetrazole rings is 1. The smallest absolute Gasteiger partial charge is 0.168 e. The summed E-state index contributed by atoms with van der Waals surface area (Å²) in [5.41, 5.74) is 2.56. The predicted molar refractivity (Wildman–Crippen MR) is 103 cm³/mol. The maximum Gasteiger partial charge on any atom is 0.168 e. The SMILES string of the molecule is CCC(NCCc1c[nH]c2ccccc12)c1nnnn1C1CCCCC1. The lowest BCUT2D eigenvalue weighted by Gasteiger charge is -2.24. The standard InChI is InChI=1S/C20H28N6/c1-2-18(20-23-24-25-26(20)16-8-4-3-5-9-16)21-13-12-15-14-22-19-11-7-6-10-17(15)19/h6-7,10-11,14,16,18,21-22H,2-5,8-9,12-13H2,1H3. The van der Waals surface area contributed by atoms with E-state index in [2.05, 4.69) is 67.9 Å². The molecule has 1 fully saturated rings. The molecule has 1 unspecified atom stereocenters. The van der Waals surface area contributed by atoms with Gasteiger partial charge in [-0.3, -0.25) is 0 Å². The van der Waals surface area contributed by atoms with Gasteiger partial charge < -0.3 is 10.3 Å². The molecule has 0 saturated heterocycles. The lowest BCUT2D eigenvalue weighted by atomic mass is 9.95. The highest BCUT2D eigenvalue weighted by atomic mass is 15.6. The van der Waals surface area contributed by atoms with Gasteiger partial charge in [0.1, 0.15) is 0 Å². The van der Waals surface area contributed by atoms with Crippen molar-refractivity contribution >= 4 is 10.9 Å². The van der Waals surface area contributed by atoms with Gasteiger partial charge in [-0.15, -0.1) is 5.10 Å². The maximum absolute atomic E-state index is 4.36. The summed E-state index contributed by atoms with van der Waals surface area (Å²) in [4.78, 5) is 3.36. The number of benzene rings is 1. The summed E-state index contributed by atoms with van der Waals surface area (Å²) in [6.45, 7) is 3.11. The fraction of sp³-hybridized carbons (Fsp3) is 0.550. The Morgan fingerprint density at radius 3 is 2.92 bits per heavy atom. The van der Waals surface area contributed by atoms with Gasteiger partial charge in [-0.2, -0.15) is 0 Å². The monoisotopic (exact) mass is 352 g/mol. The summed E-state index contributed by atoms with van der Waals surface area (Å²) < 4.78 is 2.09. The van der Waals surface area contributed by atoms with Crippen LogP contribution in [0, 0.1) is 0 Å². The number of H-pyrrole nitrogens is 1. The first-order valence-corrected chi connectivity index (χ1v) is 9.93. The highest BCUT2D eigenvalue weighted by Gasteiger charge is 2.24. The van der Waals surface area contributed by atoms with Crippen molar-refractivity contribution < 1.29 is 0 Å². The van der Waals surface area contributed by atoms with E-state index >= 15 is 0 Å². The van der Waals surface area contributed by atoms with E-state index in [0.29, 0.717) is 6.04 Å². The number of aromatic amines is 1. The van der Waals surface area contributed by atoms with Crippen molar-refractivity contribution in [2.24, 2.45) is 0 Å². The van der Waals surface area contributed by atoms with Crippen LogP contribution in [0.15, 0.2) is 30.5 Å². The molecular formula is C20H28N6. The minimum atomic E-state index is 0.206. The zero-order valence-electron chi connectivity index (χ0n) is 15.5. The largest absolute Gasteiger partial charge is 0.361 e. The first kappa shape index (κ1) is 17.2. The normalized spacial score (nSPS) is 17.0. The number of rotatable bonds is 7. The third-order valence-corrected chi connectivity index (χ3v) is 5.62. The molecule has 1 aliphatic rings. The Kier molecular flexibility index (Phi) is 5.29. The van der Waals surface area contributed by atoms with Gasteiger partial charge in [0.2, 0.25) is 0 Å². The van der Waals surface area contributed by atoms with Crippen LogP contribution < -0.4 is 5.32 Å². The van der Waals surface area contributed by atoms with Crippen LogP contribution in [0.3, 0.4) is 0 Å². The molecule has 2 heterocycles. The number of para-hydroxylation sites is 1. The molecule has 2 N–H and O–H groups in total. The molecule has 138 valence electrons. The van der Waals surface area contributed by atoms with E-state index in [1.54, 1.807) is 0 Å². The molecule has 0 amide bonds. The van der Waals surface area contributed by atoms with Gasteiger partial charge in [0.05, 0.1) is 12.1 Å². The molecule has 1 aromatic carbocycles. The molecule has 1 aliphatic carbocycles. The Morgan fingerprint density at radius 1 is 1.23 bits per heavy atom. The summed E-state index contributed by atoms with van der Waals surface area (Å²) in [6.07, 6.45) is 10.4. The summed E-state index contributed by atoms with van der Waals surface area (Å²) in [5, 5.41) is 17.7. The van der Waals surface area contributed by atoms with Crippen LogP contribution in [-0.2, 0) is 6.42 Å². The van der Waals surface area contributed by atoms with Gasteiger partial charge in [0.25, 0.3) is 0 Å². The number of nitrogens with one attached hydrogen (secondary N) is 2. The molecule has 0 radical (unpaired) electrons. The molecule has 6 nitrogen and oxygen atoms in total. The van der Waals surface area contributed by atoms with E-state index in [1.807, 2.05) is 0 Å². The van der Waals surface area contributed by atoms with Gasteiger partial charge in [-0.1, -0.05) is 44.4 Å². The lowest BCUT2D eigenvalue weighted by Crippen LogP contribution is -2.28. The third kappa shape index (κ3) is 3.51. The second-order valence-electron chi connectivity index (χ2n) is 7.30. The molecule has 4 rings (SSSR count). The van der Waals surface area contributed by atoms with Crippen molar-refractivity contribution in [3.05, 3.63) is 41.9 Å². The van der Waals surface area contributed by atoms with Crippen LogP contribution in [0.25, 0.3) is 10.9 Å². The average Bonchev–Trinajstić information content (AvgIpc) is 3.33. The third-order valence-electron chi connectivity index (χ3n) is 5.62. The number of nitrogens with zero attached hydrogens (tertiary/aromatic N) is 4. The molecule has 1 saturated carbocycles. The van der Waals surface area contributed by atoms with E-state index in [0.717, 1.165) is 25.2 Å². The number of hydrogen-bond donors (Lipinski definition) is 2. The average molecular weight is 352 g/mol. The molecule has 0 spiro atoms. The fourth-order valence-corrected chi connectivity index (χ4v) is 4.15. The molecule has 0 bridgehead atoms. The van der Waals surface area contributed by atoms with Crippen molar-refractivity contribution in [1.29, 1.82) is 0 Å². The van der Waals surface area contributed by atoms with Crippen molar-refractivity contribution in [3.8, 4) is 0 Å². The molecule has 6 heteroatoms. The van der Waals surface area contributed by atoms with Crippen molar-refractivity contribution in [2.75, 3.05) is 6.54 Å². The van der Waals surface area contributed by atoms with Crippen LogP contribution in [0.2, 0.25) is 0 Å². The zero-order valence-corrected chi connectivity index (χ0v) is 15.5.